The Labute approximate surface area is 125 Å². The molecule has 0 amide bonds. The molecule has 118 valence electrons. The highest BCUT2D eigenvalue weighted by Gasteiger charge is 2.38. The van der Waals surface area contributed by atoms with Crippen LogP contribution in [0, 0.1) is 6.92 Å². The van der Waals surface area contributed by atoms with Crippen LogP contribution in [0.3, 0.4) is 0 Å². The lowest BCUT2D eigenvalue weighted by atomic mass is 10.2. The number of hydrogen-bond acceptors (Lipinski definition) is 5. The summed E-state index contributed by atoms with van der Waals surface area (Å²) in [6.07, 6.45) is 0.334. The quantitative estimate of drug-likeness (QED) is 0.822. The second kappa shape index (κ2) is 5.58. The lowest BCUT2D eigenvalue weighted by Crippen LogP contribution is -2.41. The van der Waals surface area contributed by atoms with E-state index in [-0.39, 0.29) is 28.6 Å². The predicted molar refractivity (Wildman–Crippen MR) is 82.2 cm³/mol. The van der Waals surface area contributed by atoms with E-state index in [1.54, 1.807) is 19.1 Å². The molecule has 0 spiro atoms. The molecule has 1 aromatic rings. The number of benzene rings is 1. The molecule has 1 saturated heterocycles. The summed E-state index contributed by atoms with van der Waals surface area (Å²) >= 11 is 0. The van der Waals surface area contributed by atoms with Crippen molar-refractivity contribution in [2.75, 3.05) is 23.8 Å². The largest absolute Gasteiger partial charge is 0.398 e. The van der Waals surface area contributed by atoms with Gasteiger partial charge in [0, 0.05) is 12.6 Å². The van der Waals surface area contributed by atoms with Crippen LogP contribution >= 0.6 is 0 Å². The minimum Gasteiger partial charge on any atom is -0.398 e. The summed E-state index contributed by atoms with van der Waals surface area (Å²) in [6, 6.07) is 4.26. The smallest absolute Gasteiger partial charge is 0.245 e. The summed E-state index contributed by atoms with van der Waals surface area (Å²) in [5, 5.41) is 0. The molecular weight excluding hydrogens is 312 g/mol. The fraction of sp³-hybridized carbons (Fsp3) is 0.538. The molecule has 21 heavy (non-hydrogen) atoms. The first-order valence-corrected chi connectivity index (χ1v) is 10.0. The molecule has 1 aromatic carbocycles. The van der Waals surface area contributed by atoms with Crippen molar-refractivity contribution < 1.29 is 16.8 Å². The zero-order valence-corrected chi connectivity index (χ0v) is 13.7. The van der Waals surface area contributed by atoms with E-state index in [0.29, 0.717) is 6.42 Å². The summed E-state index contributed by atoms with van der Waals surface area (Å²) < 4.78 is 49.9. The fourth-order valence-electron chi connectivity index (χ4n) is 2.66. The predicted octanol–water partition coefficient (Wildman–Crippen LogP) is 0.775. The minimum absolute atomic E-state index is 0.0348. The number of aryl methyl sites for hydroxylation is 1. The summed E-state index contributed by atoms with van der Waals surface area (Å²) in [6.45, 7) is 3.75. The van der Waals surface area contributed by atoms with Crippen LogP contribution in [0.4, 0.5) is 5.69 Å². The van der Waals surface area contributed by atoms with Crippen LogP contribution in [-0.4, -0.2) is 45.2 Å². The van der Waals surface area contributed by atoms with Gasteiger partial charge < -0.3 is 5.73 Å². The van der Waals surface area contributed by atoms with Gasteiger partial charge in [-0.3, -0.25) is 0 Å². The van der Waals surface area contributed by atoms with E-state index in [9.17, 15) is 16.8 Å². The van der Waals surface area contributed by atoms with Crippen LogP contribution in [0.1, 0.15) is 18.9 Å². The van der Waals surface area contributed by atoms with E-state index < -0.39 is 25.9 Å². The molecule has 1 unspecified atom stereocenters. The minimum atomic E-state index is -3.79. The van der Waals surface area contributed by atoms with Crippen molar-refractivity contribution in [2.24, 2.45) is 0 Å². The first kappa shape index (κ1) is 16.3. The molecule has 1 fully saturated rings. The first-order valence-electron chi connectivity index (χ1n) is 6.76. The van der Waals surface area contributed by atoms with Crippen molar-refractivity contribution in [2.45, 2.75) is 31.2 Å². The highest BCUT2D eigenvalue weighted by molar-refractivity contribution is 7.92. The number of nitrogen functional groups attached to an aromatic ring is 1. The molecule has 1 aliphatic rings. The lowest BCUT2D eigenvalue weighted by Gasteiger charge is -2.26. The Balaban J connectivity index is 2.41. The van der Waals surface area contributed by atoms with Crippen molar-refractivity contribution >= 4 is 25.5 Å². The number of nitrogens with zero attached hydrogens (tertiary/aromatic N) is 1. The molecule has 0 bridgehead atoms. The maximum Gasteiger partial charge on any atom is 0.245 e. The summed E-state index contributed by atoms with van der Waals surface area (Å²) in [5.41, 5.74) is 6.89. The Morgan fingerprint density at radius 1 is 1.38 bits per heavy atom. The number of sulfonamides is 1. The number of sulfone groups is 1. The third kappa shape index (κ3) is 3.22. The van der Waals surface area contributed by atoms with Crippen molar-refractivity contribution in [1.29, 1.82) is 0 Å². The third-order valence-corrected chi connectivity index (χ3v) is 7.53. The lowest BCUT2D eigenvalue weighted by molar-refractivity contribution is 0.354. The fourth-order valence-corrected chi connectivity index (χ4v) is 6.24. The van der Waals surface area contributed by atoms with Gasteiger partial charge in [-0.05, 0) is 31.0 Å². The zero-order valence-electron chi connectivity index (χ0n) is 12.1. The van der Waals surface area contributed by atoms with Crippen LogP contribution < -0.4 is 5.73 Å². The van der Waals surface area contributed by atoms with Crippen molar-refractivity contribution in [1.82, 2.24) is 4.31 Å². The Morgan fingerprint density at radius 2 is 2.05 bits per heavy atom. The topological polar surface area (TPSA) is 97.5 Å². The molecule has 1 aliphatic heterocycles. The van der Waals surface area contributed by atoms with Crippen LogP contribution in [0.25, 0.3) is 0 Å². The number of rotatable bonds is 4. The van der Waals surface area contributed by atoms with Gasteiger partial charge >= 0.3 is 0 Å². The second-order valence-electron chi connectivity index (χ2n) is 5.31. The standard InChI is InChI=1S/C13H20N2O4S2/c1-3-15(11-6-7-20(16,17)9-11)21(18,19)13-5-4-10(2)8-12(13)14/h4-5,8,11H,3,6-7,9,14H2,1-2H3. The third-order valence-electron chi connectivity index (χ3n) is 3.68. The molecule has 1 heterocycles. The van der Waals surface area contributed by atoms with E-state index in [1.807, 2.05) is 6.92 Å². The molecule has 0 radical (unpaired) electrons. The van der Waals surface area contributed by atoms with Crippen LogP contribution in [0.5, 0.6) is 0 Å². The van der Waals surface area contributed by atoms with E-state index >= 15 is 0 Å². The number of anilines is 1. The highest BCUT2D eigenvalue weighted by Crippen LogP contribution is 2.28. The molecule has 0 aliphatic carbocycles. The summed E-state index contributed by atoms with van der Waals surface area (Å²) in [5.74, 6) is -0.0844. The summed E-state index contributed by atoms with van der Waals surface area (Å²) in [7, 11) is -6.94. The van der Waals surface area contributed by atoms with Crippen molar-refractivity contribution in [3.8, 4) is 0 Å². The first-order chi connectivity index (χ1) is 9.67. The highest BCUT2D eigenvalue weighted by atomic mass is 32.2. The Hall–Kier alpha value is -1.12. The van der Waals surface area contributed by atoms with Crippen molar-refractivity contribution in [3.63, 3.8) is 0 Å². The van der Waals surface area contributed by atoms with Crippen molar-refractivity contribution in [3.05, 3.63) is 23.8 Å². The molecule has 2 N–H and O–H groups in total. The molecule has 0 saturated carbocycles. The molecule has 0 aromatic heterocycles. The Bertz CT molecular complexity index is 741. The number of nitrogens with two attached hydrogens (primary N) is 1. The molecule has 1 atom stereocenters. The maximum absolute atomic E-state index is 12.7. The maximum atomic E-state index is 12.7. The molecule has 2 rings (SSSR count). The average molecular weight is 332 g/mol. The van der Waals surface area contributed by atoms with E-state index in [0.717, 1.165) is 5.56 Å². The SMILES string of the molecule is CCN(C1CCS(=O)(=O)C1)S(=O)(=O)c1ccc(C)cc1N. The van der Waals surface area contributed by atoms with Gasteiger partial charge in [0.05, 0.1) is 17.2 Å². The molecule has 8 heteroatoms. The van der Waals surface area contributed by atoms with Gasteiger partial charge in [-0.25, -0.2) is 16.8 Å². The van der Waals surface area contributed by atoms with Crippen LogP contribution in [0.2, 0.25) is 0 Å². The van der Waals surface area contributed by atoms with Gasteiger partial charge in [0.2, 0.25) is 10.0 Å². The van der Waals surface area contributed by atoms with Gasteiger partial charge in [-0.1, -0.05) is 13.0 Å². The van der Waals surface area contributed by atoms with Gasteiger partial charge in [0.15, 0.2) is 9.84 Å². The monoisotopic (exact) mass is 332 g/mol. The van der Waals surface area contributed by atoms with Gasteiger partial charge in [0.1, 0.15) is 4.90 Å². The van der Waals surface area contributed by atoms with E-state index in [4.69, 9.17) is 5.73 Å². The van der Waals surface area contributed by atoms with Crippen LogP contribution in [-0.2, 0) is 19.9 Å². The normalized spacial score (nSPS) is 21.8. The molecule has 6 nitrogen and oxygen atoms in total. The van der Waals surface area contributed by atoms with Gasteiger partial charge in [-0.15, -0.1) is 0 Å². The second-order valence-corrected chi connectivity index (χ2v) is 9.39. The van der Waals surface area contributed by atoms with Gasteiger partial charge in [0.25, 0.3) is 0 Å². The zero-order chi connectivity index (χ0) is 15.8. The van der Waals surface area contributed by atoms with Gasteiger partial charge in [-0.2, -0.15) is 4.31 Å². The molecular formula is C13H20N2O4S2. The Morgan fingerprint density at radius 3 is 2.52 bits per heavy atom. The average Bonchev–Trinajstić information content (AvgIpc) is 2.69. The van der Waals surface area contributed by atoms with E-state index in [1.165, 1.54) is 10.4 Å². The van der Waals surface area contributed by atoms with E-state index in [2.05, 4.69) is 0 Å². The summed E-state index contributed by atoms with van der Waals surface area (Å²) in [4.78, 5) is 0.0410. The Kier molecular flexibility index (Phi) is 4.32. The van der Waals surface area contributed by atoms with Crippen LogP contribution in [0.15, 0.2) is 23.1 Å². The number of hydrogen-bond donors (Lipinski definition) is 1.